The molecule has 3 saturated carbocycles. The first-order valence-corrected chi connectivity index (χ1v) is 12.7. The van der Waals surface area contributed by atoms with Crippen LogP contribution in [0.4, 0.5) is 0 Å². The summed E-state index contributed by atoms with van der Waals surface area (Å²) < 4.78 is 0. The van der Waals surface area contributed by atoms with Crippen molar-refractivity contribution in [3.63, 3.8) is 0 Å². The molecule has 0 amide bonds. The molecule has 0 heterocycles. The predicted molar refractivity (Wildman–Crippen MR) is 119 cm³/mol. The first kappa shape index (κ1) is 21.6. The summed E-state index contributed by atoms with van der Waals surface area (Å²) in [7, 11) is 0. The summed E-state index contributed by atoms with van der Waals surface area (Å²) in [4.78, 5) is 12.5. The van der Waals surface area contributed by atoms with Crippen molar-refractivity contribution in [2.24, 2.45) is 46.3 Å². The molecular formula is C27H44O2. The fraction of sp³-hybridized carbons (Fsp3) is 0.889. The number of hydrogen-bond donors (Lipinski definition) is 1. The van der Waals surface area contributed by atoms with Gasteiger partial charge in [-0.15, -0.1) is 0 Å². The van der Waals surface area contributed by atoms with Crippen LogP contribution in [0.25, 0.3) is 0 Å². The van der Waals surface area contributed by atoms with Crippen molar-refractivity contribution >= 4 is 6.29 Å². The Hall–Kier alpha value is -0.630. The second kappa shape index (κ2) is 8.13. The highest BCUT2D eigenvalue weighted by Crippen LogP contribution is 2.67. The smallest absolute Gasteiger partial charge is 0.130 e. The number of carbonyl (C=O) groups is 1. The summed E-state index contributed by atoms with van der Waals surface area (Å²) in [6, 6.07) is 0. The molecule has 0 spiro atoms. The van der Waals surface area contributed by atoms with E-state index in [9.17, 15) is 9.90 Å². The van der Waals surface area contributed by atoms with Crippen molar-refractivity contribution in [3.8, 4) is 0 Å². The minimum Gasteiger partial charge on any atom is -0.393 e. The number of carbonyl (C=O) groups excluding carboxylic acids is 1. The number of allylic oxidation sites excluding steroid dienone is 1. The average molecular weight is 401 g/mol. The SMILES string of the molecule is CC(C)CCC[C@@H](C)[C@@H]1CC[C@H]2[C@@H]3CC=C4C[C@H](O)CC[C@]4(C=O)[C@@H]3CC[C@@]21C. The number of hydrogen-bond acceptors (Lipinski definition) is 2. The van der Waals surface area contributed by atoms with E-state index in [1.807, 2.05) is 0 Å². The fourth-order valence-electron chi connectivity index (χ4n) is 8.59. The minimum atomic E-state index is -0.246. The number of aldehydes is 1. The number of aliphatic hydroxyl groups excluding tert-OH is 1. The zero-order valence-corrected chi connectivity index (χ0v) is 19.3. The van der Waals surface area contributed by atoms with Crippen LogP contribution >= 0.6 is 0 Å². The molecule has 0 unspecified atom stereocenters. The molecule has 4 aliphatic rings. The third-order valence-corrected chi connectivity index (χ3v) is 10.1. The minimum absolute atomic E-state index is 0.234. The molecule has 0 aliphatic heterocycles. The summed E-state index contributed by atoms with van der Waals surface area (Å²) in [6.07, 6.45) is 16.5. The average Bonchev–Trinajstić information content (AvgIpc) is 3.04. The van der Waals surface area contributed by atoms with Gasteiger partial charge in [0.25, 0.3) is 0 Å². The van der Waals surface area contributed by atoms with E-state index in [4.69, 9.17) is 0 Å². The van der Waals surface area contributed by atoms with Gasteiger partial charge in [-0.1, -0.05) is 58.6 Å². The molecule has 0 radical (unpaired) electrons. The van der Waals surface area contributed by atoms with Crippen LogP contribution in [0.1, 0.15) is 98.3 Å². The molecule has 0 aromatic heterocycles. The van der Waals surface area contributed by atoms with Crippen molar-refractivity contribution in [1.82, 2.24) is 0 Å². The molecule has 8 atom stereocenters. The van der Waals surface area contributed by atoms with Crippen molar-refractivity contribution < 1.29 is 9.90 Å². The zero-order valence-electron chi connectivity index (χ0n) is 19.3. The first-order chi connectivity index (χ1) is 13.8. The van der Waals surface area contributed by atoms with Crippen LogP contribution < -0.4 is 0 Å². The predicted octanol–water partition coefficient (Wildman–Crippen LogP) is 6.57. The molecule has 164 valence electrons. The third-order valence-electron chi connectivity index (χ3n) is 10.1. The van der Waals surface area contributed by atoms with Crippen LogP contribution in [0.2, 0.25) is 0 Å². The zero-order chi connectivity index (χ0) is 20.8. The quantitative estimate of drug-likeness (QED) is 0.404. The second-order valence-electron chi connectivity index (χ2n) is 11.9. The Morgan fingerprint density at radius 2 is 1.90 bits per heavy atom. The lowest BCUT2D eigenvalue weighted by atomic mass is 9.46. The number of aliphatic hydroxyl groups is 1. The van der Waals surface area contributed by atoms with E-state index in [1.165, 1.54) is 56.8 Å². The van der Waals surface area contributed by atoms with Gasteiger partial charge in [-0.25, -0.2) is 0 Å². The van der Waals surface area contributed by atoms with Gasteiger partial charge in [0.2, 0.25) is 0 Å². The van der Waals surface area contributed by atoms with Gasteiger partial charge in [0.05, 0.1) is 11.5 Å². The summed E-state index contributed by atoms with van der Waals surface area (Å²) in [5, 5.41) is 10.2. The molecule has 4 aliphatic carbocycles. The van der Waals surface area contributed by atoms with E-state index >= 15 is 0 Å². The van der Waals surface area contributed by atoms with Gasteiger partial charge in [0, 0.05) is 0 Å². The van der Waals surface area contributed by atoms with Crippen LogP contribution in [0.3, 0.4) is 0 Å². The van der Waals surface area contributed by atoms with E-state index in [-0.39, 0.29) is 11.5 Å². The summed E-state index contributed by atoms with van der Waals surface area (Å²) >= 11 is 0. The van der Waals surface area contributed by atoms with Crippen LogP contribution in [0.15, 0.2) is 11.6 Å². The lowest BCUT2D eigenvalue weighted by molar-refractivity contribution is -0.127. The van der Waals surface area contributed by atoms with Crippen molar-refractivity contribution in [3.05, 3.63) is 11.6 Å². The monoisotopic (exact) mass is 400 g/mol. The molecule has 2 heteroatoms. The van der Waals surface area contributed by atoms with Crippen LogP contribution in [0.5, 0.6) is 0 Å². The molecule has 1 N–H and O–H groups in total. The highest BCUT2D eigenvalue weighted by molar-refractivity contribution is 5.67. The maximum atomic E-state index is 12.5. The van der Waals surface area contributed by atoms with Crippen molar-refractivity contribution in [1.29, 1.82) is 0 Å². The van der Waals surface area contributed by atoms with Crippen molar-refractivity contribution in [2.45, 2.75) is 104 Å². The number of fused-ring (bicyclic) bond motifs is 5. The van der Waals surface area contributed by atoms with Gasteiger partial charge in [-0.3, -0.25) is 0 Å². The summed E-state index contributed by atoms with van der Waals surface area (Å²) in [5.74, 6) is 4.53. The van der Waals surface area contributed by atoms with Gasteiger partial charge < -0.3 is 9.90 Å². The van der Waals surface area contributed by atoms with Gasteiger partial charge >= 0.3 is 0 Å². The summed E-state index contributed by atoms with van der Waals surface area (Å²) in [6.45, 7) is 9.83. The Kier molecular flexibility index (Phi) is 6.06. The highest BCUT2D eigenvalue weighted by atomic mass is 16.3. The van der Waals surface area contributed by atoms with Crippen LogP contribution in [-0.4, -0.2) is 17.5 Å². The standard InChI is InChI=1S/C27H44O2/c1-18(2)6-5-7-19(3)23-10-11-24-22-9-8-20-16-21(29)12-15-27(20,17-28)25(22)13-14-26(23,24)4/h8,17-19,21-25,29H,5-7,9-16H2,1-4H3/t19-,21-,22+,23+,24+,25-,26-,27-/m1/s1. The summed E-state index contributed by atoms with van der Waals surface area (Å²) in [5.41, 5.74) is 1.51. The van der Waals surface area contributed by atoms with Gasteiger partial charge in [0.15, 0.2) is 0 Å². The Bertz CT molecular complexity index is 636. The van der Waals surface area contributed by atoms with Crippen molar-refractivity contribution in [2.75, 3.05) is 0 Å². The second-order valence-corrected chi connectivity index (χ2v) is 11.9. The van der Waals surface area contributed by atoms with E-state index in [0.29, 0.717) is 17.3 Å². The topological polar surface area (TPSA) is 37.3 Å². The molecule has 0 aromatic rings. The molecule has 2 nitrogen and oxygen atoms in total. The Morgan fingerprint density at radius 3 is 2.62 bits per heavy atom. The molecule has 4 rings (SSSR count). The maximum Gasteiger partial charge on any atom is 0.130 e. The van der Waals surface area contributed by atoms with Crippen LogP contribution in [0, 0.1) is 46.3 Å². The number of rotatable bonds is 6. The molecule has 3 fully saturated rings. The Balaban J connectivity index is 1.52. The van der Waals surface area contributed by atoms with Gasteiger partial charge in [-0.2, -0.15) is 0 Å². The Labute approximate surface area is 178 Å². The van der Waals surface area contributed by atoms with E-state index in [2.05, 4.69) is 33.8 Å². The normalized spacial score (nSPS) is 45.2. The maximum absolute atomic E-state index is 12.5. The molecule has 29 heavy (non-hydrogen) atoms. The van der Waals surface area contributed by atoms with E-state index < -0.39 is 0 Å². The molecule has 0 aromatic carbocycles. The van der Waals surface area contributed by atoms with Gasteiger partial charge in [0.1, 0.15) is 6.29 Å². The highest BCUT2D eigenvalue weighted by Gasteiger charge is 2.60. The van der Waals surface area contributed by atoms with Gasteiger partial charge in [-0.05, 0) is 92.3 Å². The first-order valence-electron chi connectivity index (χ1n) is 12.7. The molecule has 0 bridgehead atoms. The molecular weight excluding hydrogens is 356 g/mol. The largest absolute Gasteiger partial charge is 0.393 e. The lowest BCUT2D eigenvalue weighted by Gasteiger charge is -2.57. The Morgan fingerprint density at radius 1 is 1.10 bits per heavy atom. The fourth-order valence-corrected chi connectivity index (χ4v) is 8.59. The lowest BCUT2D eigenvalue weighted by Crippen LogP contribution is -2.52. The van der Waals surface area contributed by atoms with E-state index in [1.54, 1.807) is 0 Å². The van der Waals surface area contributed by atoms with Crippen LogP contribution in [-0.2, 0) is 4.79 Å². The van der Waals surface area contributed by atoms with E-state index in [0.717, 1.165) is 49.4 Å². The third kappa shape index (κ3) is 3.56. The molecule has 0 saturated heterocycles.